The van der Waals surface area contributed by atoms with E-state index in [0.717, 1.165) is 83.7 Å². The molecule has 0 saturated carbocycles. The fourth-order valence-corrected chi connectivity index (χ4v) is 8.74. The molecule has 2 atom stereocenters. The first-order valence-corrected chi connectivity index (χ1v) is 20.3. The third-order valence-electron chi connectivity index (χ3n) is 9.60. The summed E-state index contributed by atoms with van der Waals surface area (Å²) < 4.78 is 5.40. The van der Waals surface area contributed by atoms with Crippen molar-refractivity contribution in [2.45, 2.75) is 104 Å². The van der Waals surface area contributed by atoms with Crippen molar-refractivity contribution in [2.75, 3.05) is 26.2 Å². The minimum Gasteiger partial charge on any atom is -0.508 e. The van der Waals surface area contributed by atoms with E-state index < -0.39 is 5.97 Å². The Kier molecular flexibility index (Phi) is 16.7. The number of carboxylic acids is 1. The van der Waals surface area contributed by atoms with Gasteiger partial charge in [0.25, 0.3) is 5.97 Å². The third-order valence-corrected chi connectivity index (χ3v) is 11.5. The van der Waals surface area contributed by atoms with E-state index in [-0.39, 0.29) is 5.97 Å². The molecule has 2 aliphatic carbocycles. The van der Waals surface area contributed by atoms with E-state index in [4.69, 9.17) is 14.6 Å². The molecule has 0 amide bonds. The molecule has 0 saturated heterocycles. The lowest BCUT2D eigenvalue weighted by Crippen LogP contribution is -2.41. The maximum atomic E-state index is 11.3. The summed E-state index contributed by atoms with van der Waals surface area (Å²) >= 11 is 3.71. The van der Waals surface area contributed by atoms with Crippen LogP contribution in [0.25, 0.3) is 0 Å². The lowest BCUT2D eigenvalue weighted by molar-refractivity contribution is -0.134. The van der Waals surface area contributed by atoms with Gasteiger partial charge in [0, 0.05) is 48.8 Å². The highest BCUT2D eigenvalue weighted by Gasteiger charge is 2.27. The lowest BCUT2D eigenvalue weighted by atomic mass is 9.86. The zero-order valence-corrected chi connectivity index (χ0v) is 32.4. The van der Waals surface area contributed by atoms with Gasteiger partial charge in [-0.2, -0.15) is 0 Å². The average molecular weight is 733 g/mol. The van der Waals surface area contributed by atoms with Crippen molar-refractivity contribution in [2.24, 2.45) is 0 Å². The number of benzene rings is 2. The first-order valence-electron chi connectivity index (χ1n) is 18.5. The van der Waals surface area contributed by atoms with Gasteiger partial charge in [0.05, 0.1) is 0 Å². The number of phenolic OH excluding ortho intramolecular Hbond substituents is 1. The SMILES string of the molecule is CC(=O)O.CCCN(CCc1cccs1)[C@H]1CCc2c(O)cccc2C1.CCCN(CCc1cccs1)[C@H]1CCc2c(cccc2OC(C)=O)C1. The number of carboxylic acid groups (broad SMARTS) is 1. The molecule has 0 unspecified atom stereocenters. The third kappa shape index (κ3) is 12.9. The Morgan fingerprint density at radius 1 is 0.725 bits per heavy atom. The van der Waals surface area contributed by atoms with Crippen LogP contribution in [0.4, 0.5) is 0 Å². The number of fused-ring (bicyclic) bond motifs is 2. The average Bonchev–Trinajstić information content (AvgIpc) is 3.83. The van der Waals surface area contributed by atoms with E-state index >= 15 is 0 Å². The minimum absolute atomic E-state index is 0.237. The van der Waals surface area contributed by atoms with E-state index in [1.807, 2.05) is 46.9 Å². The van der Waals surface area contributed by atoms with Crippen molar-refractivity contribution < 1.29 is 24.5 Å². The predicted octanol–water partition coefficient (Wildman–Crippen LogP) is 8.84. The van der Waals surface area contributed by atoms with Crippen LogP contribution in [0.1, 0.15) is 85.4 Å². The van der Waals surface area contributed by atoms with Crippen molar-refractivity contribution in [1.82, 2.24) is 9.80 Å². The topological polar surface area (TPSA) is 90.3 Å². The number of esters is 1. The molecular weight excluding hydrogens is 677 g/mol. The van der Waals surface area contributed by atoms with Crippen LogP contribution in [-0.2, 0) is 48.1 Å². The van der Waals surface area contributed by atoms with Crippen LogP contribution < -0.4 is 4.74 Å². The van der Waals surface area contributed by atoms with Crippen molar-refractivity contribution in [3.8, 4) is 11.5 Å². The summed E-state index contributed by atoms with van der Waals surface area (Å²) in [6, 6.07) is 22.1. The molecule has 2 N–H and O–H groups in total. The van der Waals surface area contributed by atoms with Gasteiger partial charge in [-0.3, -0.25) is 19.4 Å². The number of nitrogens with zero attached hydrogens (tertiary/aromatic N) is 2. The molecule has 0 spiro atoms. The van der Waals surface area contributed by atoms with Gasteiger partial charge in [-0.05, 0) is 135 Å². The summed E-state index contributed by atoms with van der Waals surface area (Å²) in [5.74, 6) is 0.166. The van der Waals surface area contributed by atoms with Gasteiger partial charge in [-0.25, -0.2) is 0 Å². The number of hydrogen-bond acceptors (Lipinski definition) is 8. The Bertz CT molecular complexity index is 1620. The van der Waals surface area contributed by atoms with Gasteiger partial charge in [0.15, 0.2) is 0 Å². The molecule has 2 aromatic heterocycles. The van der Waals surface area contributed by atoms with Crippen LogP contribution in [-0.4, -0.2) is 70.2 Å². The molecule has 2 aromatic carbocycles. The van der Waals surface area contributed by atoms with Crippen LogP contribution >= 0.6 is 22.7 Å². The summed E-state index contributed by atoms with van der Waals surface area (Å²) in [5, 5.41) is 21.7. The lowest BCUT2D eigenvalue weighted by Gasteiger charge is -2.35. The summed E-state index contributed by atoms with van der Waals surface area (Å²) in [6.07, 6.45) is 11.1. The normalized spacial score (nSPS) is 16.3. The highest BCUT2D eigenvalue weighted by Crippen LogP contribution is 2.33. The van der Waals surface area contributed by atoms with Gasteiger partial charge >= 0.3 is 5.97 Å². The molecule has 2 heterocycles. The number of hydrogen-bond donors (Lipinski definition) is 2. The molecule has 6 rings (SSSR count). The Morgan fingerprint density at radius 3 is 1.69 bits per heavy atom. The number of aliphatic carboxylic acids is 1. The molecule has 7 nitrogen and oxygen atoms in total. The van der Waals surface area contributed by atoms with Crippen molar-refractivity contribution in [1.29, 1.82) is 0 Å². The second-order valence-electron chi connectivity index (χ2n) is 13.4. The van der Waals surface area contributed by atoms with E-state index in [9.17, 15) is 9.90 Å². The monoisotopic (exact) mass is 732 g/mol. The number of thiophene rings is 2. The number of phenols is 1. The number of aromatic hydroxyl groups is 1. The van der Waals surface area contributed by atoms with Crippen molar-refractivity contribution >= 4 is 34.6 Å². The Morgan fingerprint density at radius 2 is 1.22 bits per heavy atom. The Balaban J connectivity index is 0.000000208. The smallest absolute Gasteiger partial charge is 0.308 e. The number of ether oxygens (including phenoxy) is 1. The van der Waals surface area contributed by atoms with Crippen LogP contribution in [0.15, 0.2) is 71.4 Å². The van der Waals surface area contributed by atoms with Crippen LogP contribution in [0.3, 0.4) is 0 Å². The summed E-state index contributed by atoms with van der Waals surface area (Å²) in [7, 11) is 0. The fraction of sp³-hybridized carbons (Fsp3) is 0.476. The van der Waals surface area contributed by atoms with Gasteiger partial charge in [0.1, 0.15) is 11.5 Å². The highest BCUT2D eigenvalue weighted by molar-refractivity contribution is 7.10. The van der Waals surface area contributed by atoms with Gasteiger partial charge < -0.3 is 14.9 Å². The Labute approximate surface area is 312 Å². The molecule has 276 valence electrons. The van der Waals surface area contributed by atoms with E-state index in [1.54, 1.807) is 0 Å². The Hall–Kier alpha value is -3.50. The van der Waals surface area contributed by atoms with Gasteiger partial charge in [-0.15, -0.1) is 22.7 Å². The van der Waals surface area contributed by atoms with Gasteiger partial charge in [-0.1, -0.05) is 50.2 Å². The molecule has 4 aromatic rings. The van der Waals surface area contributed by atoms with Crippen molar-refractivity contribution in [3.63, 3.8) is 0 Å². The molecule has 0 aliphatic heterocycles. The molecule has 0 radical (unpaired) electrons. The molecule has 2 aliphatic rings. The van der Waals surface area contributed by atoms with E-state index in [2.05, 4.69) is 70.8 Å². The minimum atomic E-state index is -0.833. The summed E-state index contributed by atoms with van der Waals surface area (Å²) in [6.45, 7) is 11.7. The molecule has 0 bridgehead atoms. The van der Waals surface area contributed by atoms with E-state index in [0.29, 0.717) is 17.8 Å². The maximum Gasteiger partial charge on any atom is 0.308 e. The van der Waals surface area contributed by atoms with Crippen LogP contribution in [0.2, 0.25) is 0 Å². The molecular formula is C42H56N2O5S2. The fourth-order valence-electron chi connectivity index (χ4n) is 7.34. The first kappa shape index (κ1) is 40.3. The second kappa shape index (κ2) is 21.1. The number of rotatable bonds is 13. The zero-order chi connectivity index (χ0) is 36.6. The first-order chi connectivity index (χ1) is 24.7. The number of carbonyl (C=O) groups is 2. The van der Waals surface area contributed by atoms with E-state index in [1.165, 1.54) is 58.3 Å². The standard InChI is InChI=1S/C21H27NO2S.C19H25NOS.C2H4O2/c1-3-12-22(13-11-19-7-5-14-25-19)18-9-10-20-17(15-18)6-4-8-21(20)24-16(2)23;1-2-11-20(12-10-17-6-4-13-22-17)16-8-9-18-15(14-16)5-3-7-19(18)21;1-2(3)4/h4-8,14,18H,3,9-13,15H2,1-2H3;3-7,13,16,21H,2,8-12,14H2,1H3;1H3,(H,3,4)/t18-;16-;/m00./s1. The molecule has 51 heavy (non-hydrogen) atoms. The highest BCUT2D eigenvalue weighted by atomic mass is 32.1. The molecule has 9 heteroatoms. The number of carbonyl (C=O) groups excluding carboxylic acids is 1. The summed E-state index contributed by atoms with van der Waals surface area (Å²) in [5.41, 5.74) is 5.08. The predicted molar refractivity (Wildman–Crippen MR) is 211 cm³/mol. The van der Waals surface area contributed by atoms with Crippen LogP contribution in [0, 0.1) is 0 Å². The zero-order valence-electron chi connectivity index (χ0n) is 30.8. The molecule has 0 fully saturated rings. The quantitative estimate of drug-likeness (QED) is 0.105. The van der Waals surface area contributed by atoms with Crippen LogP contribution in [0.5, 0.6) is 11.5 Å². The van der Waals surface area contributed by atoms with Gasteiger partial charge in [0.2, 0.25) is 0 Å². The second-order valence-corrected chi connectivity index (χ2v) is 15.5. The maximum absolute atomic E-state index is 11.3. The summed E-state index contributed by atoms with van der Waals surface area (Å²) in [4.78, 5) is 28.6. The largest absolute Gasteiger partial charge is 0.508 e. The van der Waals surface area contributed by atoms with Crippen molar-refractivity contribution in [3.05, 3.63) is 103 Å².